The van der Waals surface area contributed by atoms with Crippen molar-refractivity contribution in [2.45, 2.75) is 67.7 Å². The van der Waals surface area contributed by atoms with Crippen molar-refractivity contribution < 1.29 is 28.8 Å². The van der Waals surface area contributed by atoms with E-state index in [4.69, 9.17) is 9.84 Å². The molecule has 194 valence electrons. The molecule has 2 fully saturated rings. The highest BCUT2D eigenvalue weighted by Crippen LogP contribution is 2.44. The average molecular weight is 523 g/mol. The Kier molecular flexibility index (Phi) is 7.35. The molecule has 0 aliphatic heterocycles. The normalized spacial score (nSPS) is 27.6. The van der Waals surface area contributed by atoms with E-state index in [9.17, 15) is 19.0 Å². The maximum atomic E-state index is 13.7. The van der Waals surface area contributed by atoms with Crippen LogP contribution in [-0.4, -0.2) is 83.6 Å². The number of nitrogens with zero attached hydrogens (tertiary/aromatic N) is 5. The standard InChI is InChI=1S/C23H28F2N6O4S/c1-2-7-36-23-27-21(26-15-9-12(15)11-3-4-13(24)14(25)8-11)18-22(28-23)31(30-29-18)16-10-17(35-6-5-32)20(34)19(16)33/h3-4,8,12,15-17,19-20,32-34H,2,5-7,9-10H2,1H3,(H,26,27,28)/t12?,15-,16-,17+,19-,20+/m1/s1. The molecular weight excluding hydrogens is 494 g/mol. The Labute approximate surface area is 210 Å². The van der Waals surface area contributed by atoms with E-state index in [1.54, 1.807) is 6.07 Å². The number of halogens is 2. The number of hydrogen-bond acceptors (Lipinski definition) is 10. The molecule has 0 radical (unpaired) electrons. The summed E-state index contributed by atoms with van der Waals surface area (Å²) in [5.74, 6) is -0.472. The third-order valence-electron chi connectivity index (χ3n) is 6.56. The van der Waals surface area contributed by atoms with Crippen LogP contribution in [0.3, 0.4) is 0 Å². The second-order valence-corrected chi connectivity index (χ2v) is 10.2. The number of benzene rings is 1. The number of aliphatic hydroxyl groups is 3. The van der Waals surface area contributed by atoms with Crippen LogP contribution in [0.15, 0.2) is 23.4 Å². The molecule has 4 N–H and O–H groups in total. The van der Waals surface area contributed by atoms with E-state index in [1.165, 1.54) is 22.5 Å². The van der Waals surface area contributed by atoms with Crippen molar-refractivity contribution in [2.24, 2.45) is 0 Å². The molecule has 1 aromatic carbocycles. The van der Waals surface area contributed by atoms with Crippen LogP contribution in [-0.2, 0) is 4.74 Å². The first-order valence-electron chi connectivity index (χ1n) is 12.0. The van der Waals surface area contributed by atoms with Crippen molar-refractivity contribution in [3.8, 4) is 0 Å². The number of fused-ring (bicyclic) bond motifs is 1. The molecule has 0 saturated heterocycles. The highest BCUT2D eigenvalue weighted by atomic mass is 32.2. The molecule has 13 heteroatoms. The predicted molar refractivity (Wildman–Crippen MR) is 128 cm³/mol. The summed E-state index contributed by atoms with van der Waals surface area (Å²) >= 11 is 1.48. The minimum atomic E-state index is -1.15. The van der Waals surface area contributed by atoms with E-state index in [1.807, 2.05) is 0 Å². The minimum Gasteiger partial charge on any atom is -0.394 e. The maximum absolute atomic E-state index is 13.7. The van der Waals surface area contributed by atoms with Crippen LogP contribution in [0.5, 0.6) is 0 Å². The highest BCUT2D eigenvalue weighted by Gasteiger charge is 2.45. The van der Waals surface area contributed by atoms with Crippen LogP contribution < -0.4 is 5.32 Å². The summed E-state index contributed by atoms with van der Waals surface area (Å²) in [4.78, 5) is 9.27. The van der Waals surface area contributed by atoms with Gasteiger partial charge >= 0.3 is 0 Å². The Hall–Kier alpha value is -2.45. The fraction of sp³-hybridized carbons (Fsp3) is 0.565. The van der Waals surface area contributed by atoms with Crippen LogP contribution in [0.1, 0.15) is 43.7 Å². The number of aliphatic hydroxyl groups excluding tert-OH is 3. The van der Waals surface area contributed by atoms with Crippen molar-refractivity contribution in [3.05, 3.63) is 35.4 Å². The lowest BCUT2D eigenvalue weighted by Gasteiger charge is -2.17. The fourth-order valence-corrected chi connectivity index (χ4v) is 5.31. The van der Waals surface area contributed by atoms with Gasteiger partial charge in [-0.1, -0.05) is 30.0 Å². The summed E-state index contributed by atoms with van der Waals surface area (Å²) in [5, 5.41) is 42.5. The Bertz CT molecular complexity index is 1230. The molecule has 2 aliphatic carbocycles. The lowest BCUT2D eigenvalue weighted by atomic mass is 10.1. The molecule has 10 nitrogen and oxygen atoms in total. The Morgan fingerprint density at radius 1 is 1.17 bits per heavy atom. The van der Waals surface area contributed by atoms with E-state index >= 15 is 0 Å². The van der Waals surface area contributed by atoms with Crippen molar-refractivity contribution in [3.63, 3.8) is 0 Å². The van der Waals surface area contributed by atoms with Crippen molar-refractivity contribution >= 4 is 28.7 Å². The van der Waals surface area contributed by atoms with Gasteiger partial charge in [0.1, 0.15) is 12.2 Å². The first-order valence-corrected chi connectivity index (χ1v) is 13.0. The van der Waals surface area contributed by atoms with Gasteiger partial charge in [0, 0.05) is 24.1 Å². The third kappa shape index (κ3) is 4.90. The first kappa shape index (κ1) is 25.2. The van der Waals surface area contributed by atoms with Gasteiger partial charge in [-0.25, -0.2) is 23.4 Å². The van der Waals surface area contributed by atoms with Crippen molar-refractivity contribution in [2.75, 3.05) is 24.3 Å². The molecule has 3 aromatic rings. The molecule has 5 rings (SSSR count). The van der Waals surface area contributed by atoms with E-state index in [0.29, 0.717) is 27.7 Å². The monoisotopic (exact) mass is 522 g/mol. The molecule has 2 saturated carbocycles. The molecular formula is C23H28F2N6O4S. The molecule has 6 atom stereocenters. The number of hydrogen-bond donors (Lipinski definition) is 4. The van der Waals surface area contributed by atoms with Gasteiger partial charge in [0.05, 0.1) is 25.4 Å². The van der Waals surface area contributed by atoms with Crippen LogP contribution in [0.25, 0.3) is 11.2 Å². The topological polar surface area (TPSA) is 138 Å². The molecule has 2 aromatic heterocycles. The smallest absolute Gasteiger partial charge is 0.191 e. The molecule has 2 aliphatic rings. The molecule has 0 bridgehead atoms. The average Bonchev–Trinajstić information content (AvgIpc) is 3.41. The second kappa shape index (κ2) is 10.5. The molecule has 36 heavy (non-hydrogen) atoms. The van der Waals surface area contributed by atoms with Crippen LogP contribution in [0.2, 0.25) is 0 Å². The predicted octanol–water partition coefficient (Wildman–Crippen LogP) is 2.01. The van der Waals surface area contributed by atoms with Gasteiger partial charge in [0.15, 0.2) is 33.8 Å². The summed E-state index contributed by atoms with van der Waals surface area (Å²) in [6.45, 7) is 1.91. The number of rotatable bonds is 10. The van der Waals surface area contributed by atoms with Gasteiger partial charge < -0.3 is 25.4 Å². The van der Waals surface area contributed by atoms with Crippen LogP contribution in [0.4, 0.5) is 14.6 Å². The van der Waals surface area contributed by atoms with Gasteiger partial charge in [0.25, 0.3) is 0 Å². The van der Waals surface area contributed by atoms with Crippen molar-refractivity contribution in [1.29, 1.82) is 0 Å². The van der Waals surface area contributed by atoms with E-state index in [-0.39, 0.29) is 31.6 Å². The summed E-state index contributed by atoms with van der Waals surface area (Å²) in [7, 11) is 0. The number of anilines is 1. The number of aromatic nitrogens is 5. The Balaban J connectivity index is 1.43. The van der Waals surface area contributed by atoms with Gasteiger partial charge in [-0.2, -0.15) is 0 Å². The van der Waals surface area contributed by atoms with Gasteiger partial charge in [-0.05, 0) is 30.5 Å². The number of ether oxygens (including phenoxy) is 1. The van der Waals surface area contributed by atoms with Crippen molar-refractivity contribution in [1.82, 2.24) is 25.0 Å². The Morgan fingerprint density at radius 2 is 2.00 bits per heavy atom. The number of nitrogens with one attached hydrogen (secondary N) is 1. The van der Waals surface area contributed by atoms with E-state index in [2.05, 4.69) is 32.5 Å². The zero-order valence-electron chi connectivity index (χ0n) is 19.6. The SMILES string of the molecule is CCCSc1nc(N[C@@H]2CC2c2ccc(F)c(F)c2)c2nnn([C@@H]3C[C@H](OCCO)[C@H](O)[C@@H]3O)c2n1. The summed E-state index contributed by atoms with van der Waals surface area (Å²) in [6, 6.07) is 3.26. The van der Waals surface area contributed by atoms with Gasteiger partial charge in [-0.15, -0.1) is 5.10 Å². The Morgan fingerprint density at radius 3 is 2.75 bits per heavy atom. The van der Waals surface area contributed by atoms with Gasteiger partial charge in [0.2, 0.25) is 0 Å². The molecule has 0 spiro atoms. The summed E-state index contributed by atoms with van der Waals surface area (Å²) in [5.41, 5.74) is 1.53. The zero-order valence-corrected chi connectivity index (χ0v) is 20.4. The highest BCUT2D eigenvalue weighted by molar-refractivity contribution is 7.99. The quantitative estimate of drug-likeness (QED) is 0.231. The lowest BCUT2D eigenvalue weighted by molar-refractivity contribution is -0.0629. The fourth-order valence-electron chi connectivity index (χ4n) is 4.61. The molecule has 2 heterocycles. The van der Waals surface area contributed by atoms with E-state index in [0.717, 1.165) is 24.7 Å². The summed E-state index contributed by atoms with van der Waals surface area (Å²) < 4.78 is 34.0. The minimum absolute atomic E-state index is 0.00291. The second-order valence-electron chi connectivity index (χ2n) is 9.09. The van der Waals surface area contributed by atoms with Gasteiger partial charge in [-0.3, -0.25) is 0 Å². The third-order valence-corrected chi connectivity index (χ3v) is 7.61. The molecule has 0 amide bonds. The lowest BCUT2D eigenvalue weighted by Crippen LogP contribution is -2.33. The molecule has 1 unspecified atom stereocenters. The number of thioether (sulfide) groups is 1. The zero-order chi connectivity index (χ0) is 25.4. The summed E-state index contributed by atoms with van der Waals surface area (Å²) in [6.07, 6.45) is -1.04. The van der Waals surface area contributed by atoms with Crippen LogP contribution in [0, 0.1) is 11.6 Å². The largest absolute Gasteiger partial charge is 0.394 e. The first-order chi connectivity index (χ1) is 17.4. The maximum Gasteiger partial charge on any atom is 0.191 e. The van der Waals surface area contributed by atoms with E-state index < -0.39 is 36.0 Å². The van der Waals surface area contributed by atoms with Crippen LogP contribution >= 0.6 is 11.8 Å².